The molecule has 0 bridgehead atoms. The zero-order valence-corrected chi connectivity index (χ0v) is 12.0. The molecule has 0 heterocycles. The fraction of sp³-hybridized carbons (Fsp3) is 0.647. The predicted molar refractivity (Wildman–Crippen MR) is 78.2 cm³/mol. The summed E-state index contributed by atoms with van der Waals surface area (Å²) in [7, 11) is 1.83. The van der Waals surface area contributed by atoms with Gasteiger partial charge in [-0.1, -0.05) is 43.5 Å². The zero-order valence-electron chi connectivity index (χ0n) is 12.0. The van der Waals surface area contributed by atoms with Gasteiger partial charge < -0.3 is 10.5 Å². The molecule has 1 aromatic rings. The van der Waals surface area contributed by atoms with E-state index in [-0.39, 0.29) is 11.0 Å². The molecule has 2 aliphatic carbocycles. The molecule has 0 saturated heterocycles. The van der Waals surface area contributed by atoms with Crippen LogP contribution in [-0.2, 0) is 15.8 Å². The number of hydrogen-bond acceptors (Lipinski definition) is 2. The standard InChI is InChI=1S/C17H25NO/c1-19-17(10-11-17)15-7-5-6-14(12-15)16(13-18)8-3-2-4-9-16/h5-7,12H,2-4,8-11,13,18H2,1H3. The topological polar surface area (TPSA) is 35.2 Å². The van der Waals surface area contributed by atoms with E-state index in [1.165, 1.54) is 43.2 Å². The Labute approximate surface area is 116 Å². The molecule has 2 nitrogen and oxygen atoms in total. The van der Waals surface area contributed by atoms with Crippen molar-refractivity contribution in [2.45, 2.75) is 56.0 Å². The first kappa shape index (κ1) is 13.1. The smallest absolute Gasteiger partial charge is 0.0930 e. The average molecular weight is 259 g/mol. The lowest BCUT2D eigenvalue weighted by molar-refractivity contribution is 0.0787. The molecule has 0 amide bonds. The molecule has 0 aliphatic heterocycles. The van der Waals surface area contributed by atoms with Crippen molar-refractivity contribution in [3.8, 4) is 0 Å². The highest BCUT2D eigenvalue weighted by Gasteiger charge is 2.45. The van der Waals surface area contributed by atoms with Gasteiger partial charge in [0.05, 0.1) is 5.60 Å². The van der Waals surface area contributed by atoms with Crippen molar-refractivity contribution >= 4 is 0 Å². The fourth-order valence-corrected chi connectivity index (χ4v) is 3.70. The van der Waals surface area contributed by atoms with Crippen LogP contribution in [0.1, 0.15) is 56.1 Å². The van der Waals surface area contributed by atoms with Crippen molar-refractivity contribution in [2.75, 3.05) is 13.7 Å². The summed E-state index contributed by atoms with van der Waals surface area (Å²) in [4.78, 5) is 0. The van der Waals surface area contributed by atoms with Gasteiger partial charge in [-0.2, -0.15) is 0 Å². The van der Waals surface area contributed by atoms with Crippen molar-refractivity contribution < 1.29 is 4.74 Å². The molecule has 0 atom stereocenters. The summed E-state index contributed by atoms with van der Waals surface area (Å²) in [6.07, 6.45) is 8.79. The third kappa shape index (κ3) is 2.21. The maximum atomic E-state index is 6.15. The Hall–Kier alpha value is -0.860. The predicted octanol–water partition coefficient (Wildman–Crippen LogP) is 3.48. The molecule has 0 unspecified atom stereocenters. The molecule has 1 aromatic carbocycles. The average Bonchev–Trinajstić information content (AvgIpc) is 3.29. The van der Waals surface area contributed by atoms with Crippen LogP contribution in [0.25, 0.3) is 0 Å². The maximum Gasteiger partial charge on any atom is 0.0930 e. The van der Waals surface area contributed by atoms with E-state index in [1.54, 1.807) is 0 Å². The molecular formula is C17H25NO. The van der Waals surface area contributed by atoms with Crippen LogP contribution in [0.3, 0.4) is 0 Å². The lowest BCUT2D eigenvalue weighted by atomic mass is 9.69. The molecular weight excluding hydrogens is 234 g/mol. The molecule has 0 spiro atoms. The Morgan fingerprint density at radius 1 is 1.05 bits per heavy atom. The molecule has 2 fully saturated rings. The van der Waals surface area contributed by atoms with E-state index in [0.29, 0.717) is 0 Å². The zero-order chi connectivity index (χ0) is 13.3. The van der Waals surface area contributed by atoms with E-state index in [0.717, 1.165) is 19.4 Å². The summed E-state index contributed by atoms with van der Waals surface area (Å²) in [5.74, 6) is 0. The van der Waals surface area contributed by atoms with E-state index in [4.69, 9.17) is 10.5 Å². The lowest BCUT2D eigenvalue weighted by Crippen LogP contribution is -2.37. The number of rotatable bonds is 4. The maximum absolute atomic E-state index is 6.15. The highest BCUT2D eigenvalue weighted by Crippen LogP contribution is 2.50. The van der Waals surface area contributed by atoms with Crippen molar-refractivity contribution in [2.24, 2.45) is 5.73 Å². The van der Waals surface area contributed by atoms with Crippen LogP contribution in [-0.4, -0.2) is 13.7 Å². The fourth-order valence-electron chi connectivity index (χ4n) is 3.70. The van der Waals surface area contributed by atoms with Gasteiger partial charge in [-0.25, -0.2) is 0 Å². The van der Waals surface area contributed by atoms with E-state index in [1.807, 2.05) is 7.11 Å². The summed E-state index contributed by atoms with van der Waals surface area (Å²) in [6.45, 7) is 0.774. The van der Waals surface area contributed by atoms with Gasteiger partial charge in [0.2, 0.25) is 0 Å². The SMILES string of the molecule is COC1(c2cccc(C3(CN)CCCCC3)c2)CC1. The molecule has 0 radical (unpaired) electrons. The van der Waals surface area contributed by atoms with Crippen LogP contribution >= 0.6 is 0 Å². The van der Waals surface area contributed by atoms with E-state index >= 15 is 0 Å². The van der Waals surface area contributed by atoms with Crippen LogP contribution < -0.4 is 5.73 Å². The van der Waals surface area contributed by atoms with Crippen molar-refractivity contribution in [3.05, 3.63) is 35.4 Å². The number of ether oxygens (including phenoxy) is 1. The summed E-state index contributed by atoms with van der Waals surface area (Å²) >= 11 is 0. The minimum atomic E-state index is 0.0144. The van der Waals surface area contributed by atoms with Crippen LogP contribution in [0, 0.1) is 0 Å². The minimum absolute atomic E-state index is 0.0144. The Morgan fingerprint density at radius 3 is 2.32 bits per heavy atom. The second kappa shape index (κ2) is 4.92. The monoisotopic (exact) mass is 259 g/mol. The van der Waals surface area contributed by atoms with Crippen LogP contribution in [0.5, 0.6) is 0 Å². The Kier molecular flexibility index (Phi) is 3.40. The summed E-state index contributed by atoms with van der Waals surface area (Å²) in [5.41, 5.74) is 9.17. The van der Waals surface area contributed by atoms with E-state index in [2.05, 4.69) is 24.3 Å². The Bertz CT molecular complexity index is 444. The largest absolute Gasteiger partial charge is 0.374 e. The first-order chi connectivity index (χ1) is 9.25. The Balaban J connectivity index is 1.94. The quantitative estimate of drug-likeness (QED) is 0.898. The molecule has 2 aliphatic rings. The van der Waals surface area contributed by atoms with Crippen molar-refractivity contribution in [1.29, 1.82) is 0 Å². The highest BCUT2D eigenvalue weighted by atomic mass is 16.5. The van der Waals surface area contributed by atoms with Crippen LogP contribution in [0.4, 0.5) is 0 Å². The number of benzene rings is 1. The van der Waals surface area contributed by atoms with Crippen molar-refractivity contribution in [1.82, 2.24) is 0 Å². The molecule has 2 saturated carbocycles. The Morgan fingerprint density at radius 2 is 1.74 bits per heavy atom. The second-order valence-corrected chi connectivity index (χ2v) is 6.32. The normalized spacial score (nSPS) is 24.1. The van der Waals surface area contributed by atoms with Crippen LogP contribution in [0.15, 0.2) is 24.3 Å². The summed E-state index contributed by atoms with van der Waals surface area (Å²) < 4.78 is 5.71. The number of nitrogens with two attached hydrogens (primary N) is 1. The molecule has 3 rings (SSSR count). The van der Waals surface area contributed by atoms with Gasteiger partial charge in [0, 0.05) is 19.1 Å². The van der Waals surface area contributed by atoms with E-state index in [9.17, 15) is 0 Å². The summed E-state index contributed by atoms with van der Waals surface area (Å²) in [5, 5.41) is 0. The third-order valence-corrected chi connectivity index (χ3v) is 5.30. The number of hydrogen-bond donors (Lipinski definition) is 1. The molecule has 2 heteroatoms. The highest BCUT2D eigenvalue weighted by molar-refractivity contribution is 5.36. The van der Waals surface area contributed by atoms with Gasteiger partial charge >= 0.3 is 0 Å². The van der Waals surface area contributed by atoms with E-state index < -0.39 is 0 Å². The molecule has 0 aromatic heterocycles. The molecule has 19 heavy (non-hydrogen) atoms. The number of methoxy groups -OCH3 is 1. The summed E-state index contributed by atoms with van der Waals surface area (Å²) in [6, 6.07) is 9.05. The van der Waals surface area contributed by atoms with Gasteiger partial charge in [-0.05, 0) is 36.8 Å². The van der Waals surface area contributed by atoms with Crippen molar-refractivity contribution in [3.63, 3.8) is 0 Å². The lowest BCUT2D eigenvalue weighted by Gasteiger charge is -2.37. The first-order valence-electron chi connectivity index (χ1n) is 7.61. The first-order valence-corrected chi connectivity index (χ1v) is 7.61. The second-order valence-electron chi connectivity index (χ2n) is 6.32. The van der Waals surface area contributed by atoms with Gasteiger partial charge in [-0.15, -0.1) is 0 Å². The third-order valence-electron chi connectivity index (χ3n) is 5.30. The molecule has 104 valence electrons. The van der Waals surface area contributed by atoms with Gasteiger partial charge in [0.25, 0.3) is 0 Å². The molecule has 2 N–H and O–H groups in total. The van der Waals surface area contributed by atoms with Crippen LogP contribution in [0.2, 0.25) is 0 Å². The minimum Gasteiger partial charge on any atom is -0.374 e. The van der Waals surface area contributed by atoms with Gasteiger partial charge in [0.1, 0.15) is 0 Å². The van der Waals surface area contributed by atoms with Gasteiger partial charge in [-0.3, -0.25) is 0 Å². The van der Waals surface area contributed by atoms with Gasteiger partial charge in [0.15, 0.2) is 0 Å².